The molecular weight excluding hydrogens is 240 g/mol. The van der Waals surface area contributed by atoms with Crippen LogP contribution < -0.4 is 10.6 Å². The Kier molecular flexibility index (Phi) is 3.28. The van der Waals surface area contributed by atoms with Crippen LogP contribution in [-0.4, -0.2) is 21.9 Å². The number of halogens is 1. The van der Waals surface area contributed by atoms with Crippen molar-refractivity contribution in [2.45, 2.75) is 39.3 Å². The van der Waals surface area contributed by atoms with Crippen LogP contribution in [0.25, 0.3) is 0 Å². The first-order chi connectivity index (χ1) is 7.97. The molecule has 1 aliphatic rings. The molecule has 1 aliphatic carbocycles. The maximum atomic E-state index is 11.6. The summed E-state index contributed by atoms with van der Waals surface area (Å²) >= 11 is 5.99. The Bertz CT molecular complexity index is 429. The van der Waals surface area contributed by atoms with Gasteiger partial charge in [-0.2, -0.15) is 5.10 Å². The summed E-state index contributed by atoms with van der Waals surface area (Å²) in [5.74, 6) is 0.982. The van der Waals surface area contributed by atoms with Gasteiger partial charge in [-0.3, -0.25) is 10.00 Å². The van der Waals surface area contributed by atoms with E-state index < -0.39 is 0 Å². The minimum absolute atomic E-state index is 0.217. The zero-order chi connectivity index (χ0) is 12.6. The first-order valence-corrected chi connectivity index (χ1v) is 6.17. The molecule has 0 aromatic carbocycles. The molecule has 6 heteroatoms. The fourth-order valence-corrected chi connectivity index (χ4v) is 1.74. The number of hydrogen-bond donors (Lipinski definition) is 2. The molecule has 0 unspecified atom stereocenters. The van der Waals surface area contributed by atoms with Crippen LogP contribution in [0.4, 0.5) is 10.6 Å². The highest BCUT2D eigenvalue weighted by atomic mass is 35.5. The SMILES string of the molecule is CC(C)n1cc(Cl)c(NC(=O)N[C@@H]2C[C@H]2C)n1. The highest BCUT2D eigenvalue weighted by Gasteiger charge is 2.34. The van der Waals surface area contributed by atoms with Crippen LogP contribution >= 0.6 is 11.6 Å². The van der Waals surface area contributed by atoms with Gasteiger partial charge < -0.3 is 5.32 Å². The van der Waals surface area contributed by atoms with Crippen LogP contribution in [0.3, 0.4) is 0 Å². The Hall–Kier alpha value is -1.23. The standard InChI is InChI=1S/C11H17ClN4O/c1-6(2)16-5-8(12)10(15-16)14-11(17)13-9-4-7(9)3/h5-7,9H,4H2,1-3H3,(H2,13,14,15,17)/t7-,9-/m1/s1. The van der Waals surface area contributed by atoms with Gasteiger partial charge in [-0.05, 0) is 26.2 Å². The van der Waals surface area contributed by atoms with E-state index in [1.165, 1.54) is 0 Å². The maximum absolute atomic E-state index is 11.6. The van der Waals surface area contributed by atoms with Gasteiger partial charge in [-0.25, -0.2) is 4.79 Å². The molecule has 1 aromatic heterocycles. The van der Waals surface area contributed by atoms with E-state index in [0.29, 0.717) is 22.8 Å². The molecule has 0 spiro atoms. The van der Waals surface area contributed by atoms with Gasteiger partial charge in [0.2, 0.25) is 0 Å². The number of amides is 2. The summed E-state index contributed by atoms with van der Waals surface area (Å²) in [6.07, 6.45) is 2.75. The quantitative estimate of drug-likeness (QED) is 0.874. The lowest BCUT2D eigenvalue weighted by atomic mass is 10.4. The van der Waals surface area contributed by atoms with Crippen LogP contribution in [0.5, 0.6) is 0 Å². The molecule has 1 saturated carbocycles. The summed E-state index contributed by atoms with van der Waals surface area (Å²) in [4.78, 5) is 11.6. The molecule has 17 heavy (non-hydrogen) atoms. The van der Waals surface area contributed by atoms with E-state index in [9.17, 15) is 4.79 Å². The molecule has 0 aliphatic heterocycles. The number of hydrogen-bond acceptors (Lipinski definition) is 2. The van der Waals surface area contributed by atoms with Crippen LogP contribution in [0, 0.1) is 5.92 Å². The molecule has 2 amide bonds. The number of nitrogens with zero attached hydrogens (tertiary/aromatic N) is 2. The zero-order valence-electron chi connectivity index (χ0n) is 10.2. The predicted molar refractivity (Wildman–Crippen MR) is 67.3 cm³/mol. The number of carbonyl (C=O) groups excluding carboxylic acids is 1. The van der Waals surface area contributed by atoms with Gasteiger partial charge >= 0.3 is 6.03 Å². The Morgan fingerprint density at radius 3 is 2.76 bits per heavy atom. The minimum atomic E-state index is -0.241. The highest BCUT2D eigenvalue weighted by Crippen LogP contribution is 2.29. The molecule has 5 nitrogen and oxygen atoms in total. The van der Waals surface area contributed by atoms with E-state index in [4.69, 9.17) is 11.6 Å². The van der Waals surface area contributed by atoms with Gasteiger partial charge in [0.25, 0.3) is 0 Å². The number of aromatic nitrogens is 2. The average molecular weight is 257 g/mol. The molecular formula is C11H17ClN4O. The van der Waals surface area contributed by atoms with E-state index in [1.54, 1.807) is 10.9 Å². The second-order valence-corrected chi connectivity index (χ2v) is 5.22. The molecule has 2 N–H and O–H groups in total. The van der Waals surface area contributed by atoms with E-state index in [1.807, 2.05) is 13.8 Å². The first-order valence-electron chi connectivity index (χ1n) is 5.79. The Morgan fingerprint density at radius 2 is 2.29 bits per heavy atom. The number of carbonyl (C=O) groups is 1. The van der Waals surface area contributed by atoms with Crippen molar-refractivity contribution in [2.75, 3.05) is 5.32 Å². The summed E-state index contributed by atoms with van der Waals surface area (Å²) in [7, 11) is 0. The zero-order valence-corrected chi connectivity index (χ0v) is 11.0. The second-order valence-electron chi connectivity index (χ2n) is 4.82. The lowest BCUT2D eigenvalue weighted by molar-refractivity contribution is 0.251. The second kappa shape index (κ2) is 4.56. The number of nitrogens with one attached hydrogen (secondary N) is 2. The smallest absolute Gasteiger partial charge is 0.320 e. The normalized spacial score (nSPS) is 22.6. The van der Waals surface area contributed by atoms with Crippen molar-refractivity contribution < 1.29 is 4.79 Å². The van der Waals surface area contributed by atoms with Crippen molar-refractivity contribution in [3.63, 3.8) is 0 Å². The van der Waals surface area contributed by atoms with E-state index >= 15 is 0 Å². The lowest BCUT2D eigenvalue weighted by Gasteiger charge is -2.05. The van der Waals surface area contributed by atoms with Gasteiger partial charge in [-0.15, -0.1) is 0 Å². The predicted octanol–water partition coefficient (Wildman–Crippen LogP) is 2.65. The average Bonchev–Trinajstić information content (AvgIpc) is 2.77. The molecule has 2 rings (SSSR count). The molecule has 0 saturated heterocycles. The molecule has 2 atom stereocenters. The van der Waals surface area contributed by atoms with E-state index in [0.717, 1.165) is 6.42 Å². The molecule has 0 bridgehead atoms. The van der Waals surface area contributed by atoms with Crippen molar-refractivity contribution in [2.24, 2.45) is 5.92 Å². The monoisotopic (exact) mass is 256 g/mol. The molecule has 0 radical (unpaired) electrons. The van der Waals surface area contributed by atoms with E-state index in [2.05, 4.69) is 22.7 Å². The number of anilines is 1. The number of urea groups is 1. The Morgan fingerprint density at radius 1 is 1.65 bits per heavy atom. The molecule has 1 fully saturated rings. The van der Waals surface area contributed by atoms with E-state index in [-0.39, 0.29) is 12.1 Å². The van der Waals surface area contributed by atoms with Crippen LogP contribution in [0.15, 0.2) is 6.20 Å². The fourth-order valence-electron chi connectivity index (χ4n) is 1.55. The summed E-state index contributed by atoms with van der Waals surface area (Å²) in [5.41, 5.74) is 0. The summed E-state index contributed by atoms with van der Waals surface area (Å²) in [6.45, 7) is 6.10. The Balaban J connectivity index is 1.95. The van der Waals surface area contributed by atoms with Crippen LogP contribution in [0.1, 0.15) is 33.2 Å². The highest BCUT2D eigenvalue weighted by molar-refractivity contribution is 6.33. The summed E-state index contributed by atoms with van der Waals surface area (Å²) < 4.78 is 1.72. The first kappa shape index (κ1) is 12.2. The van der Waals surface area contributed by atoms with Crippen LogP contribution in [0.2, 0.25) is 5.02 Å². The van der Waals surface area contributed by atoms with Crippen molar-refractivity contribution in [1.29, 1.82) is 0 Å². The van der Waals surface area contributed by atoms with Crippen molar-refractivity contribution in [3.8, 4) is 0 Å². The van der Waals surface area contributed by atoms with Gasteiger partial charge in [0, 0.05) is 18.3 Å². The van der Waals surface area contributed by atoms with Crippen molar-refractivity contribution in [3.05, 3.63) is 11.2 Å². The third-order valence-electron chi connectivity index (χ3n) is 2.87. The van der Waals surface area contributed by atoms with Gasteiger partial charge in [0.15, 0.2) is 5.82 Å². The van der Waals surface area contributed by atoms with Crippen molar-refractivity contribution in [1.82, 2.24) is 15.1 Å². The third-order valence-corrected chi connectivity index (χ3v) is 3.15. The Labute approximate surface area is 106 Å². The number of rotatable bonds is 3. The largest absolute Gasteiger partial charge is 0.335 e. The maximum Gasteiger partial charge on any atom is 0.320 e. The third kappa shape index (κ3) is 2.91. The van der Waals surface area contributed by atoms with Crippen LogP contribution in [-0.2, 0) is 0 Å². The van der Waals surface area contributed by atoms with Crippen molar-refractivity contribution >= 4 is 23.4 Å². The molecule has 94 valence electrons. The molecule has 1 aromatic rings. The summed E-state index contributed by atoms with van der Waals surface area (Å²) in [6, 6.07) is 0.269. The van der Waals surface area contributed by atoms with Gasteiger partial charge in [0.05, 0.1) is 0 Å². The molecule has 1 heterocycles. The fraction of sp³-hybridized carbons (Fsp3) is 0.636. The van der Waals surface area contributed by atoms with Gasteiger partial charge in [-0.1, -0.05) is 18.5 Å². The van der Waals surface area contributed by atoms with Gasteiger partial charge in [0.1, 0.15) is 5.02 Å². The minimum Gasteiger partial charge on any atom is -0.335 e. The topological polar surface area (TPSA) is 59.0 Å². The lowest BCUT2D eigenvalue weighted by Crippen LogP contribution is -2.31. The summed E-state index contributed by atoms with van der Waals surface area (Å²) in [5, 5.41) is 10.2.